The van der Waals surface area contributed by atoms with Crippen LogP contribution in [0.5, 0.6) is 0 Å². The van der Waals surface area contributed by atoms with Gasteiger partial charge in [0, 0.05) is 18.0 Å². The fraction of sp³-hybridized carbons (Fsp3) is 0.462. The fourth-order valence-electron chi connectivity index (χ4n) is 2.86. The molecule has 17 heavy (non-hydrogen) atoms. The van der Waals surface area contributed by atoms with Crippen molar-refractivity contribution < 1.29 is 0 Å². The van der Waals surface area contributed by atoms with E-state index >= 15 is 0 Å². The molecule has 3 rings (SSSR count). The summed E-state index contributed by atoms with van der Waals surface area (Å²) in [6.07, 6.45) is 2.38. The molecule has 4 heteroatoms. The standard InChI is InChI=1S/C13H16ClN3/c1-13(7-4-8-15-13)10-6-3-5-9-11(10)17(2)16-12(9)14/h3,5-6,15H,4,7-8H2,1-2H3. The zero-order valence-corrected chi connectivity index (χ0v) is 10.9. The predicted octanol–water partition coefficient (Wildman–Crippen LogP) is 2.83. The van der Waals surface area contributed by atoms with Gasteiger partial charge in [-0.25, -0.2) is 0 Å². The number of fused-ring (bicyclic) bond motifs is 1. The van der Waals surface area contributed by atoms with Crippen LogP contribution in [0.15, 0.2) is 18.2 Å². The molecule has 1 atom stereocenters. The third-order valence-electron chi connectivity index (χ3n) is 3.78. The van der Waals surface area contributed by atoms with E-state index in [9.17, 15) is 0 Å². The normalized spacial score (nSPS) is 24.6. The molecular weight excluding hydrogens is 234 g/mol. The van der Waals surface area contributed by atoms with Gasteiger partial charge in [-0.3, -0.25) is 4.68 Å². The lowest BCUT2D eigenvalue weighted by molar-refractivity contribution is 0.436. The Morgan fingerprint density at radius 1 is 1.47 bits per heavy atom. The molecule has 0 amide bonds. The molecule has 1 aromatic heterocycles. The van der Waals surface area contributed by atoms with Crippen LogP contribution in [-0.4, -0.2) is 16.3 Å². The van der Waals surface area contributed by atoms with E-state index in [1.54, 1.807) is 0 Å². The van der Waals surface area contributed by atoms with Crippen LogP contribution < -0.4 is 5.32 Å². The Labute approximate surface area is 106 Å². The average Bonchev–Trinajstić information content (AvgIpc) is 2.86. The van der Waals surface area contributed by atoms with Crippen LogP contribution in [-0.2, 0) is 12.6 Å². The lowest BCUT2D eigenvalue weighted by Gasteiger charge is -2.26. The Morgan fingerprint density at radius 2 is 2.29 bits per heavy atom. The summed E-state index contributed by atoms with van der Waals surface area (Å²) < 4.78 is 1.89. The number of para-hydroxylation sites is 1. The van der Waals surface area contributed by atoms with Crippen molar-refractivity contribution in [1.29, 1.82) is 0 Å². The number of rotatable bonds is 1. The Balaban J connectivity index is 2.29. The Kier molecular flexibility index (Phi) is 2.42. The Bertz CT molecular complexity index is 567. The summed E-state index contributed by atoms with van der Waals surface area (Å²) in [5.41, 5.74) is 2.50. The molecule has 2 heterocycles. The molecule has 1 N–H and O–H groups in total. The highest BCUT2D eigenvalue weighted by atomic mass is 35.5. The van der Waals surface area contributed by atoms with Gasteiger partial charge in [0.05, 0.1) is 5.52 Å². The zero-order chi connectivity index (χ0) is 12.0. The van der Waals surface area contributed by atoms with Crippen LogP contribution in [0.1, 0.15) is 25.3 Å². The summed E-state index contributed by atoms with van der Waals surface area (Å²) in [4.78, 5) is 0. The molecule has 2 aromatic rings. The van der Waals surface area contributed by atoms with Gasteiger partial charge in [-0.05, 0) is 37.9 Å². The van der Waals surface area contributed by atoms with Crippen molar-refractivity contribution in [2.45, 2.75) is 25.3 Å². The molecule has 3 nitrogen and oxygen atoms in total. The van der Waals surface area contributed by atoms with Crippen molar-refractivity contribution in [3.8, 4) is 0 Å². The fourth-order valence-corrected chi connectivity index (χ4v) is 3.13. The summed E-state index contributed by atoms with van der Waals surface area (Å²) in [6.45, 7) is 3.34. The molecule has 0 saturated carbocycles. The number of hydrogen-bond donors (Lipinski definition) is 1. The number of nitrogens with zero attached hydrogens (tertiary/aromatic N) is 2. The van der Waals surface area contributed by atoms with E-state index in [-0.39, 0.29) is 5.54 Å². The molecule has 0 aliphatic carbocycles. The van der Waals surface area contributed by atoms with Crippen molar-refractivity contribution >= 4 is 22.5 Å². The molecule has 1 saturated heterocycles. The van der Waals surface area contributed by atoms with Gasteiger partial charge in [0.15, 0.2) is 5.15 Å². The number of nitrogens with one attached hydrogen (secondary N) is 1. The first-order chi connectivity index (χ1) is 8.12. The van der Waals surface area contributed by atoms with Crippen molar-refractivity contribution in [3.05, 3.63) is 28.9 Å². The first-order valence-electron chi connectivity index (χ1n) is 5.98. The summed E-state index contributed by atoms with van der Waals surface area (Å²) in [7, 11) is 1.95. The van der Waals surface area contributed by atoms with Crippen LogP contribution in [0.2, 0.25) is 5.15 Å². The lowest BCUT2D eigenvalue weighted by atomic mass is 9.89. The van der Waals surface area contributed by atoms with Crippen molar-refractivity contribution in [3.63, 3.8) is 0 Å². The van der Waals surface area contributed by atoms with E-state index in [1.165, 1.54) is 12.0 Å². The highest BCUT2D eigenvalue weighted by Crippen LogP contribution is 2.36. The molecule has 0 bridgehead atoms. The number of benzene rings is 1. The topological polar surface area (TPSA) is 29.9 Å². The average molecular weight is 250 g/mol. The molecule has 0 radical (unpaired) electrons. The molecule has 0 spiro atoms. The highest BCUT2D eigenvalue weighted by Gasteiger charge is 2.32. The molecule has 1 unspecified atom stereocenters. The third kappa shape index (κ3) is 1.57. The minimum absolute atomic E-state index is 0.0522. The van der Waals surface area contributed by atoms with E-state index < -0.39 is 0 Å². The summed E-state index contributed by atoms with van der Waals surface area (Å²) >= 11 is 6.15. The largest absolute Gasteiger partial charge is 0.308 e. The number of halogens is 1. The number of aryl methyl sites for hydroxylation is 1. The Morgan fingerprint density at radius 3 is 3.00 bits per heavy atom. The van der Waals surface area contributed by atoms with Gasteiger partial charge in [-0.1, -0.05) is 23.7 Å². The minimum Gasteiger partial charge on any atom is -0.308 e. The number of aromatic nitrogens is 2. The summed E-state index contributed by atoms with van der Waals surface area (Å²) in [5, 5.41) is 9.53. The second kappa shape index (κ2) is 3.72. The number of hydrogen-bond acceptors (Lipinski definition) is 2. The van der Waals surface area contributed by atoms with Gasteiger partial charge in [-0.2, -0.15) is 5.10 Å². The van der Waals surface area contributed by atoms with Crippen LogP contribution >= 0.6 is 11.6 Å². The van der Waals surface area contributed by atoms with E-state index in [0.29, 0.717) is 5.15 Å². The van der Waals surface area contributed by atoms with Crippen molar-refractivity contribution in [2.75, 3.05) is 6.54 Å². The second-order valence-corrected chi connectivity index (χ2v) is 5.34. The molecule has 1 fully saturated rings. The van der Waals surface area contributed by atoms with Crippen LogP contribution in [0, 0.1) is 0 Å². The highest BCUT2D eigenvalue weighted by molar-refractivity contribution is 6.34. The maximum Gasteiger partial charge on any atom is 0.158 e. The van der Waals surface area contributed by atoms with E-state index in [0.717, 1.165) is 23.9 Å². The van der Waals surface area contributed by atoms with Gasteiger partial charge >= 0.3 is 0 Å². The van der Waals surface area contributed by atoms with Crippen LogP contribution in [0.3, 0.4) is 0 Å². The molecule has 1 aliphatic heterocycles. The maximum absolute atomic E-state index is 6.15. The van der Waals surface area contributed by atoms with Crippen molar-refractivity contribution in [2.24, 2.45) is 7.05 Å². The molecular formula is C13H16ClN3. The van der Waals surface area contributed by atoms with E-state index in [4.69, 9.17) is 11.6 Å². The predicted molar refractivity (Wildman–Crippen MR) is 70.3 cm³/mol. The maximum atomic E-state index is 6.15. The molecule has 1 aliphatic rings. The molecule has 1 aromatic carbocycles. The van der Waals surface area contributed by atoms with Gasteiger partial charge in [0.1, 0.15) is 0 Å². The van der Waals surface area contributed by atoms with Gasteiger partial charge in [-0.15, -0.1) is 0 Å². The molecule has 90 valence electrons. The zero-order valence-electron chi connectivity index (χ0n) is 10.1. The Hall–Kier alpha value is -1.06. The minimum atomic E-state index is 0.0522. The smallest absolute Gasteiger partial charge is 0.158 e. The van der Waals surface area contributed by atoms with Gasteiger partial charge in [0.2, 0.25) is 0 Å². The SMILES string of the molecule is Cn1nc(Cl)c2cccc(C3(C)CCCN3)c21. The first-order valence-corrected chi connectivity index (χ1v) is 6.36. The third-order valence-corrected chi connectivity index (χ3v) is 4.06. The van der Waals surface area contributed by atoms with Gasteiger partial charge < -0.3 is 5.32 Å². The monoisotopic (exact) mass is 249 g/mol. The first kappa shape index (κ1) is 11.1. The second-order valence-electron chi connectivity index (χ2n) is 4.98. The summed E-state index contributed by atoms with van der Waals surface area (Å²) in [5.74, 6) is 0. The van der Waals surface area contributed by atoms with E-state index in [1.807, 2.05) is 17.8 Å². The van der Waals surface area contributed by atoms with Crippen LogP contribution in [0.25, 0.3) is 10.9 Å². The quantitative estimate of drug-likeness (QED) is 0.842. The van der Waals surface area contributed by atoms with Crippen molar-refractivity contribution in [1.82, 2.24) is 15.1 Å². The van der Waals surface area contributed by atoms with Crippen LogP contribution in [0.4, 0.5) is 0 Å². The lowest BCUT2D eigenvalue weighted by Crippen LogP contribution is -2.33. The summed E-state index contributed by atoms with van der Waals surface area (Å²) in [6, 6.07) is 6.28. The van der Waals surface area contributed by atoms with Gasteiger partial charge in [0.25, 0.3) is 0 Å². The van der Waals surface area contributed by atoms with E-state index in [2.05, 4.69) is 29.5 Å².